The Morgan fingerprint density at radius 3 is 1.10 bits per heavy atom. The molecule has 71 heavy (non-hydrogen) atoms. The van der Waals surface area contributed by atoms with Crippen LogP contribution in [0.2, 0.25) is 0 Å². The fourth-order valence-corrected chi connectivity index (χ4v) is 10.4. The van der Waals surface area contributed by atoms with Crippen LogP contribution in [0.4, 0.5) is 0 Å². The Morgan fingerprint density at radius 1 is 0.465 bits per heavy atom. The molecule has 0 aromatic heterocycles. The molecule has 0 spiro atoms. The van der Waals surface area contributed by atoms with Gasteiger partial charge in [0.05, 0.1) is 25.4 Å². The summed E-state index contributed by atoms with van der Waals surface area (Å²) < 4.78 is 11.3. The monoisotopic (exact) mass is 1010 g/mol. The normalized spacial score (nSPS) is 19.2. The largest absolute Gasteiger partial charge is 0.394 e. The molecule has 7 unspecified atom stereocenters. The van der Waals surface area contributed by atoms with Crippen molar-refractivity contribution in [2.24, 2.45) is 0 Å². The molecule has 1 aliphatic rings. The predicted octanol–water partition coefficient (Wildman–Crippen LogP) is 16.0. The van der Waals surface area contributed by atoms with Crippen LogP contribution in [0.1, 0.15) is 322 Å². The van der Waals surface area contributed by atoms with Gasteiger partial charge < -0.3 is 40.3 Å². The van der Waals surface area contributed by atoms with E-state index in [4.69, 9.17) is 9.47 Å². The third kappa shape index (κ3) is 41.8. The standard InChI is InChI=1S/C62H121NO8/c1-3-5-7-9-11-13-15-17-19-21-23-25-27-28-30-31-33-35-37-39-41-43-45-47-49-51-56(65)55(54-70-62-61(69)60(68)59(67)57(53-64)71-62)63-58(66)52-50-48-46-44-42-40-38-36-34-32-29-26-24-22-20-18-16-14-12-10-8-6-4-2/h49,51,55-57,59-62,64-65,67-69H,3-48,50,52-54H2,1-2H3,(H,63,66)/b51-49+. The lowest BCUT2D eigenvalue weighted by molar-refractivity contribution is -0.302. The zero-order valence-electron chi connectivity index (χ0n) is 47.0. The minimum Gasteiger partial charge on any atom is -0.394 e. The average molecular weight is 1010 g/mol. The van der Waals surface area contributed by atoms with Crippen LogP contribution in [-0.4, -0.2) is 87.5 Å². The summed E-state index contributed by atoms with van der Waals surface area (Å²) >= 11 is 0. The third-order valence-corrected chi connectivity index (χ3v) is 15.4. The molecule has 0 bridgehead atoms. The van der Waals surface area contributed by atoms with Gasteiger partial charge in [0, 0.05) is 6.42 Å². The molecule has 0 aliphatic carbocycles. The molecule has 1 heterocycles. The zero-order valence-corrected chi connectivity index (χ0v) is 47.0. The van der Waals surface area contributed by atoms with Gasteiger partial charge in [-0.25, -0.2) is 0 Å². The first-order valence-electron chi connectivity index (χ1n) is 31.4. The van der Waals surface area contributed by atoms with Crippen LogP contribution in [0.5, 0.6) is 0 Å². The molecule has 0 saturated carbocycles. The smallest absolute Gasteiger partial charge is 0.220 e. The summed E-state index contributed by atoms with van der Waals surface area (Å²) in [4.78, 5) is 13.1. The quantitative estimate of drug-likeness (QED) is 0.0261. The van der Waals surface area contributed by atoms with E-state index in [1.54, 1.807) is 6.08 Å². The second-order valence-corrected chi connectivity index (χ2v) is 22.2. The molecular formula is C62H121NO8. The van der Waals surface area contributed by atoms with E-state index >= 15 is 0 Å². The number of rotatable bonds is 55. The molecule has 1 fully saturated rings. The molecule has 9 heteroatoms. The number of carbonyl (C=O) groups excluding carboxylic acids is 1. The summed E-state index contributed by atoms with van der Waals surface area (Å²) in [6, 6.07) is -0.801. The molecule has 1 amide bonds. The van der Waals surface area contributed by atoms with Crippen molar-refractivity contribution in [2.75, 3.05) is 13.2 Å². The van der Waals surface area contributed by atoms with Gasteiger partial charge in [0.2, 0.25) is 5.91 Å². The number of nitrogens with one attached hydrogen (secondary N) is 1. The molecule has 7 atom stereocenters. The first kappa shape index (κ1) is 67.9. The fourth-order valence-electron chi connectivity index (χ4n) is 10.4. The molecule has 1 saturated heterocycles. The van der Waals surface area contributed by atoms with Crippen LogP contribution in [-0.2, 0) is 14.3 Å². The van der Waals surface area contributed by atoms with E-state index in [0.717, 1.165) is 38.5 Å². The number of ether oxygens (including phenoxy) is 2. The number of aliphatic hydroxyl groups is 5. The SMILES string of the molecule is CCCCCCCCCCCCCCCCCCCCCCCCC/C=C/C(O)C(COC1OC(CO)C(O)C(O)C1O)NC(=O)CCCCCCCCCCCCCCCCCCCCCCCCC. The Labute approximate surface area is 439 Å². The summed E-state index contributed by atoms with van der Waals surface area (Å²) in [7, 11) is 0. The molecule has 1 aliphatic heterocycles. The number of aliphatic hydroxyl groups excluding tert-OH is 5. The van der Waals surface area contributed by atoms with Gasteiger partial charge in [-0.3, -0.25) is 4.79 Å². The van der Waals surface area contributed by atoms with Crippen LogP contribution in [0.15, 0.2) is 12.2 Å². The first-order chi connectivity index (χ1) is 34.8. The second-order valence-electron chi connectivity index (χ2n) is 22.2. The van der Waals surface area contributed by atoms with Crippen LogP contribution < -0.4 is 5.32 Å². The van der Waals surface area contributed by atoms with Crippen molar-refractivity contribution in [2.45, 2.75) is 365 Å². The Morgan fingerprint density at radius 2 is 0.775 bits per heavy atom. The predicted molar refractivity (Wildman–Crippen MR) is 300 cm³/mol. The van der Waals surface area contributed by atoms with E-state index in [1.807, 2.05) is 6.08 Å². The highest BCUT2D eigenvalue weighted by atomic mass is 16.7. The summed E-state index contributed by atoms with van der Waals surface area (Å²) in [5, 5.41) is 54.6. The molecule has 1 rings (SSSR count). The average Bonchev–Trinajstić information content (AvgIpc) is 3.37. The van der Waals surface area contributed by atoms with Gasteiger partial charge in [0.1, 0.15) is 24.4 Å². The van der Waals surface area contributed by atoms with E-state index in [0.29, 0.717) is 6.42 Å². The van der Waals surface area contributed by atoms with E-state index in [9.17, 15) is 30.3 Å². The van der Waals surface area contributed by atoms with Crippen LogP contribution >= 0.6 is 0 Å². The summed E-state index contributed by atoms with van der Waals surface area (Å²) in [6.07, 6.45) is 58.6. The fraction of sp³-hybridized carbons (Fsp3) is 0.952. The van der Waals surface area contributed by atoms with Gasteiger partial charge in [-0.15, -0.1) is 0 Å². The summed E-state index contributed by atoms with van der Waals surface area (Å²) in [5.74, 6) is -0.168. The van der Waals surface area contributed by atoms with Crippen molar-refractivity contribution in [1.29, 1.82) is 0 Å². The lowest BCUT2D eigenvalue weighted by Crippen LogP contribution is -2.60. The number of unbranched alkanes of at least 4 members (excludes halogenated alkanes) is 45. The van der Waals surface area contributed by atoms with Crippen molar-refractivity contribution < 1.29 is 39.8 Å². The van der Waals surface area contributed by atoms with E-state index in [-0.39, 0.29) is 12.5 Å². The van der Waals surface area contributed by atoms with E-state index in [2.05, 4.69) is 19.2 Å². The molecule has 0 radical (unpaired) electrons. The lowest BCUT2D eigenvalue weighted by atomic mass is 9.99. The van der Waals surface area contributed by atoms with Crippen molar-refractivity contribution >= 4 is 5.91 Å². The molecular weight excluding hydrogens is 887 g/mol. The maximum absolute atomic E-state index is 13.1. The van der Waals surface area contributed by atoms with Gasteiger partial charge in [0.25, 0.3) is 0 Å². The second kappa shape index (κ2) is 52.4. The lowest BCUT2D eigenvalue weighted by Gasteiger charge is -2.40. The molecule has 422 valence electrons. The van der Waals surface area contributed by atoms with Gasteiger partial charge in [-0.05, 0) is 19.3 Å². The Kier molecular flexibility index (Phi) is 50.1. The number of carbonyl (C=O) groups is 1. The highest BCUT2D eigenvalue weighted by molar-refractivity contribution is 5.76. The van der Waals surface area contributed by atoms with Crippen molar-refractivity contribution in [3.63, 3.8) is 0 Å². The molecule has 0 aromatic carbocycles. The van der Waals surface area contributed by atoms with Crippen LogP contribution in [0.25, 0.3) is 0 Å². The number of hydrogen-bond donors (Lipinski definition) is 6. The zero-order chi connectivity index (χ0) is 51.5. The van der Waals surface area contributed by atoms with Crippen LogP contribution in [0.3, 0.4) is 0 Å². The minimum absolute atomic E-state index is 0.168. The Bertz CT molecular complexity index is 1120. The van der Waals surface area contributed by atoms with E-state index < -0.39 is 49.5 Å². The summed E-state index contributed by atoms with van der Waals surface area (Å²) in [5.41, 5.74) is 0. The topological polar surface area (TPSA) is 149 Å². The minimum atomic E-state index is -1.56. The van der Waals surface area contributed by atoms with Gasteiger partial charge >= 0.3 is 0 Å². The molecule has 6 N–H and O–H groups in total. The number of allylic oxidation sites excluding steroid dienone is 1. The highest BCUT2D eigenvalue weighted by Gasteiger charge is 2.44. The van der Waals surface area contributed by atoms with Gasteiger partial charge in [0.15, 0.2) is 6.29 Å². The molecule has 0 aromatic rings. The van der Waals surface area contributed by atoms with Gasteiger partial charge in [-0.2, -0.15) is 0 Å². The number of amides is 1. The van der Waals surface area contributed by atoms with Crippen molar-refractivity contribution in [3.05, 3.63) is 12.2 Å². The van der Waals surface area contributed by atoms with Crippen molar-refractivity contribution in [3.8, 4) is 0 Å². The van der Waals surface area contributed by atoms with Gasteiger partial charge in [-0.1, -0.05) is 309 Å². The Hall–Kier alpha value is -1.07. The highest BCUT2D eigenvalue weighted by Crippen LogP contribution is 2.23. The maximum Gasteiger partial charge on any atom is 0.220 e. The third-order valence-electron chi connectivity index (χ3n) is 15.4. The number of hydrogen-bond acceptors (Lipinski definition) is 8. The van der Waals surface area contributed by atoms with Crippen LogP contribution in [0, 0.1) is 0 Å². The Balaban J connectivity index is 2.18. The first-order valence-corrected chi connectivity index (χ1v) is 31.4. The summed E-state index contributed by atoms with van der Waals surface area (Å²) in [6.45, 7) is 3.84. The van der Waals surface area contributed by atoms with E-state index in [1.165, 1.54) is 263 Å². The van der Waals surface area contributed by atoms with Crippen molar-refractivity contribution in [1.82, 2.24) is 5.32 Å². The molecule has 9 nitrogen and oxygen atoms in total. The maximum atomic E-state index is 13.1.